The number of ether oxygens (including phenoxy) is 1. The Morgan fingerprint density at radius 1 is 1.25 bits per heavy atom. The number of rotatable bonds is 7. The zero-order valence-electron chi connectivity index (χ0n) is 14.2. The fourth-order valence-electron chi connectivity index (χ4n) is 2.01. The minimum absolute atomic E-state index is 0.246. The lowest BCUT2D eigenvalue weighted by Crippen LogP contribution is -2.26. The number of oxime groups is 1. The quantitative estimate of drug-likeness (QED) is 0.622. The van der Waals surface area contributed by atoms with E-state index in [4.69, 9.17) is 9.57 Å². The SMILES string of the molecule is CCOc1ccc(/C=N\O[C@H](C)C(=O)Nc2cccc(C)c2)cc1. The smallest absolute Gasteiger partial charge is 0.267 e. The van der Waals surface area contributed by atoms with E-state index in [1.165, 1.54) is 0 Å². The number of hydrogen-bond donors (Lipinski definition) is 1. The highest BCUT2D eigenvalue weighted by molar-refractivity contribution is 5.94. The van der Waals surface area contributed by atoms with Crippen molar-refractivity contribution in [1.82, 2.24) is 0 Å². The van der Waals surface area contributed by atoms with Crippen molar-refractivity contribution < 1.29 is 14.4 Å². The van der Waals surface area contributed by atoms with Crippen LogP contribution in [-0.2, 0) is 9.63 Å². The molecule has 0 aliphatic carbocycles. The fraction of sp³-hybridized carbons (Fsp3) is 0.263. The molecule has 0 fully saturated rings. The predicted octanol–water partition coefficient (Wildman–Crippen LogP) is 3.77. The zero-order chi connectivity index (χ0) is 17.4. The van der Waals surface area contributed by atoms with Gasteiger partial charge in [0.15, 0.2) is 0 Å². The van der Waals surface area contributed by atoms with Gasteiger partial charge in [0.25, 0.3) is 5.91 Å². The maximum atomic E-state index is 12.1. The van der Waals surface area contributed by atoms with Crippen molar-refractivity contribution in [2.45, 2.75) is 26.9 Å². The van der Waals surface area contributed by atoms with Crippen LogP contribution in [0.1, 0.15) is 25.0 Å². The molecule has 5 nitrogen and oxygen atoms in total. The molecule has 2 aromatic carbocycles. The second-order valence-electron chi connectivity index (χ2n) is 5.34. The second-order valence-corrected chi connectivity index (χ2v) is 5.34. The van der Waals surface area contributed by atoms with Gasteiger partial charge in [-0.05, 0) is 68.3 Å². The molecule has 2 rings (SSSR count). The topological polar surface area (TPSA) is 59.9 Å². The van der Waals surface area contributed by atoms with Crippen LogP contribution in [0.25, 0.3) is 0 Å². The normalized spacial score (nSPS) is 12.0. The summed E-state index contributed by atoms with van der Waals surface area (Å²) in [5.74, 6) is 0.561. The molecule has 0 saturated heterocycles. The Bertz CT molecular complexity index is 696. The summed E-state index contributed by atoms with van der Waals surface area (Å²) < 4.78 is 5.37. The molecule has 0 unspecified atom stereocenters. The first-order valence-electron chi connectivity index (χ1n) is 7.88. The molecule has 2 aromatic rings. The standard InChI is InChI=1S/C19H22N2O3/c1-4-23-18-10-8-16(9-11-18)13-20-24-15(3)19(22)21-17-7-5-6-14(2)12-17/h5-13,15H,4H2,1-3H3,(H,21,22)/b20-13-/t15-/m1/s1. The molecule has 1 atom stereocenters. The van der Waals surface area contributed by atoms with Crippen LogP contribution >= 0.6 is 0 Å². The summed E-state index contributed by atoms with van der Waals surface area (Å²) in [6, 6.07) is 15.0. The molecule has 1 N–H and O–H groups in total. The van der Waals surface area contributed by atoms with Crippen LogP contribution in [0, 0.1) is 6.92 Å². The van der Waals surface area contributed by atoms with Gasteiger partial charge in [0.05, 0.1) is 12.8 Å². The van der Waals surface area contributed by atoms with Crippen molar-refractivity contribution in [2.24, 2.45) is 5.16 Å². The summed E-state index contributed by atoms with van der Waals surface area (Å²) in [7, 11) is 0. The largest absolute Gasteiger partial charge is 0.494 e. The van der Waals surface area contributed by atoms with E-state index in [1.807, 2.05) is 62.4 Å². The van der Waals surface area contributed by atoms with Crippen molar-refractivity contribution in [3.63, 3.8) is 0 Å². The number of anilines is 1. The zero-order valence-corrected chi connectivity index (χ0v) is 14.2. The average molecular weight is 326 g/mol. The molecule has 126 valence electrons. The maximum Gasteiger partial charge on any atom is 0.267 e. The number of amides is 1. The van der Waals surface area contributed by atoms with Gasteiger partial charge in [-0.15, -0.1) is 0 Å². The molecule has 0 saturated carbocycles. The lowest BCUT2D eigenvalue weighted by atomic mass is 10.2. The number of carbonyl (C=O) groups is 1. The first-order chi connectivity index (χ1) is 11.6. The monoisotopic (exact) mass is 326 g/mol. The average Bonchev–Trinajstić information content (AvgIpc) is 2.56. The third kappa shape index (κ3) is 5.43. The Labute approximate surface area is 142 Å². The lowest BCUT2D eigenvalue weighted by Gasteiger charge is -2.10. The van der Waals surface area contributed by atoms with E-state index in [1.54, 1.807) is 13.1 Å². The number of aryl methyl sites for hydroxylation is 1. The number of benzene rings is 2. The molecule has 0 heterocycles. The van der Waals surface area contributed by atoms with Crippen LogP contribution in [0.15, 0.2) is 53.7 Å². The van der Waals surface area contributed by atoms with Crippen LogP contribution in [0.2, 0.25) is 0 Å². The number of nitrogens with one attached hydrogen (secondary N) is 1. The fourth-order valence-corrected chi connectivity index (χ4v) is 2.01. The summed E-state index contributed by atoms with van der Waals surface area (Å²) in [6.07, 6.45) is 0.871. The van der Waals surface area contributed by atoms with E-state index in [-0.39, 0.29) is 5.91 Å². The molecule has 24 heavy (non-hydrogen) atoms. The van der Waals surface area contributed by atoms with Gasteiger partial charge < -0.3 is 14.9 Å². The molecule has 1 amide bonds. The lowest BCUT2D eigenvalue weighted by molar-refractivity contribution is -0.126. The first kappa shape index (κ1) is 17.5. The summed E-state index contributed by atoms with van der Waals surface area (Å²) in [5, 5.41) is 6.67. The van der Waals surface area contributed by atoms with Gasteiger partial charge in [-0.25, -0.2) is 0 Å². The van der Waals surface area contributed by atoms with Gasteiger partial charge in [-0.1, -0.05) is 17.3 Å². The van der Waals surface area contributed by atoms with Crippen molar-refractivity contribution in [3.8, 4) is 5.75 Å². The van der Waals surface area contributed by atoms with Crippen LogP contribution in [-0.4, -0.2) is 24.8 Å². The molecular weight excluding hydrogens is 304 g/mol. The molecule has 0 aromatic heterocycles. The van der Waals surface area contributed by atoms with E-state index in [0.29, 0.717) is 6.61 Å². The summed E-state index contributed by atoms with van der Waals surface area (Å²) in [6.45, 7) is 6.19. The van der Waals surface area contributed by atoms with E-state index in [9.17, 15) is 4.79 Å². The summed E-state index contributed by atoms with van der Waals surface area (Å²) in [4.78, 5) is 17.3. The van der Waals surface area contributed by atoms with Crippen molar-refractivity contribution in [1.29, 1.82) is 0 Å². The Balaban J connectivity index is 1.85. The summed E-state index contributed by atoms with van der Waals surface area (Å²) in [5.41, 5.74) is 2.69. The van der Waals surface area contributed by atoms with Crippen LogP contribution in [0.3, 0.4) is 0 Å². The molecule has 0 spiro atoms. The molecule has 0 aliphatic rings. The third-order valence-corrected chi connectivity index (χ3v) is 3.27. The number of nitrogens with zero attached hydrogens (tertiary/aromatic N) is 1. The summed E-state index contributed by atoms with van der Waals surface area (Å²) >= 11 is 0. The van der Waals surface area contributed by atoms with Gasteiger partial charge in [0.1, 0.15) is 5.75 Å². The van der Waals surface area contributed by atoms with E-state index in [0.717, 1.165) is 22.6 Å². The highest BCUT2D eigenvalue weighted by Crippen LogP contribution is 2.12. The van der Waals surface area contributed by atoms with Crippen molar-refractivity contribution in [2.75, 3.05) is 11.9 Å². The van der Waals surface area contributed by atoms with E-state index < -0.39 is 6.10 Å². The van der Waals surface area contributed by atoms with E-state index >= 15 is 0 Å². The maximum absolute atomic E-state index is 12.1. The van der Waals surface area contributed by atoms with E-state index in [2.05, 4.69) is 10.5 Å². The van der Waals surface area contributed by atoms with Crippen LogP contribution < -0.4 is 10.1 Å². The Hall–Kier alpha value is -2.82. The molecule has 0 radical (unpaired) electrons. The molecule has 5 heteroatoms. The molecular formula is C19H22N2O3. The van der Waals surface area contributed by atoms with Gasteiger partial charge >= 0.3 is 0 Å². The molecule has 0 aliphatic heterocycles. The second kappa shape index (κ2) is 8.72. The van der Waals surface area contributed by atoms with Gasteiger partial charge in [0.2, 0.25) is 6.10 Å². The minimum Gasteiger partial charge on any atom is -0.494 e. The number of hydrogen-bond acceptors (Lipinski definition) is 4. The van der Waals surface area contributed by atoms with Crippen LogP contribution in [0.5, 0.6) is 5.75 Å². The molecule has 0 bridgehead atoms. The van der Waals surface area contributed by atoms with Crippen molar-refractivity contribution in [3.05, 3.63) is 59.7 Å². The Morgan fingerprint density at radius 3 is 2.67 bits per heavy atom. The first-order valence-corrected chi connectivity index (χ1v) is 7.88. The van der Waals surface area contributed by atoms with Gasteiger partial charge in [-0.2, -0.15) is 0 Å². The minimum atomic E-state index is -0.690. The third-order valence-electron chi connectivity index (χ3n) is 3.27. The Kier molecular flexibility index (Phi) is 6.37. The highest BCUT2D eigenvalue weighted by Gasteiger charge is 2.14. The van der Waals surface area contributed by atoms with Gasteiger partial charge in [-0.3, -0.25) is 4.79 Å². The number of carbonyl (C=O) groups excluding carboxylic acids is 1. The Morgan fingerprint density at radius 2 is 2.00 bits per heavy atom. The van der Waals surface area contributed by atoms with Crippen molar-refractivity contribution >= 4 is 17.8 Å². The van der Waals surface area contributed by atoms with Crippen LogP contribution in [0.4, 0.5) is 5.69 Å². The predicted molar refractivity (Wildman–Crippen MR) is 95.6 cm³/mol. The highest BCUT2D eigenvalue weighted by atomic mass is 16.6. The van der Waals surface area contributed by atoms with Gasteiger partial charge in [0, 0.05) is 5.69 Å².